The third kappa shape index (κ3) is 3.02. The summed E-state index contributed by atoms with van der Waals surface area (Å²) in [5.41, 5.74) is 0.374. The maximum atomic E-state index is 10.2. The summed E-state index contributed by atoms with van der Waals surface area (Å²) in [4.78, 5) is 0. The summed E-state index contributed by atoms with van der Waals surface area (Å²) in [6.07, 6.45) is 0.693. The van der Waals surface area contributed by atoms with Gasteiger partial charge in [0, 0.05) is 31.2 Å². The van der Waals surface area contributed by atoms with E-state index < -0.39 is 5.60 Å². The Hall–Kier alpha value is -1.10. The lowest BCUT2D eigenvalue weighted by Gasteiger charge is -2.24. The van der Waals surface area contributed by atoms with E-state index in [9.17, 15) is 5.11 Å². The van der Waals surface area contributed by atoms with Gasteiger partial charge in [0.25, 0.3) is 0 Å². The molecule has 0 aromatic heterocycles. The number of benzene rings is 1. The Labute approximate surface area is 108 Å². The molecule has 0 radical (unpaired) electrons. The summed E-state index contributed by atoms with van der Waals surface area (Å²) < 4.78 is 10.6. The SMILES string of the molecule is COc1ccccc1C(C)NCC1(O)CCOC1. The largest absolute Gasteiger partial charge is 0.496 e. The van der Waals surface area contributed by atoms with Crippen LogP contribution in [0, 0.1) is 0 Å². The molecule has 1 aromatic rings. The van der Waals surface area contributed by atoms with Crippen molar-refractivity contribution in [1.82, 2.24) is 5.32 Å². The van der Waals surface area contributed by atoms with Crippen molar-refractivity contribution in [2.24, 2.45) is 0 Å². The summed E-state index contributed by atoms with van der Waals surface area (Å²) in [6, 6.07) is 8.05. The van der Waals surface area contributed by atoms with Crippen molar-refractivity contribution >= 4 is 0 Å². The lowest BCUT2D eigenvalue weighted by molar-refractivity contribution is 0.0251. The number of hydrogen-bond acceptors (Lipinski definition) is 4. The predicted octanol–water partition coefficient (Wildman–Crippen LogP) is 1.50. The van der Waals surface area contributed by atoms with Gasteiger partial charge in [-0.25, -0.2) is 0 Å². The number of rotatable bonds is 5. The van der Waals surface area contributed by atoms with Crippen LogP contribution in [0.2, 0.25) is 0 Å². The molecule has 1 saturated heterocycles. The quantitative estimate of drug-likeness (QED) is 0.832. The molecule has 1 aliphatic heterocycles. The molecule has 0 spiro atoms. The van der Waals surface area contributed by atoms with E-state index in [0.717, 1.165) is 11.3 Å². The number of hydrogen-bond donors (Lipinski definition) is 2. The first kappa shape index (κ1) is 13.3. The lowest BCUT2D eigenvalue weighted by Crippen LogP contribution is -2.41. The molecule has 2 atom stereocenters. The molecule has 100 valence electrons. The van der Waals surface area contributed by atoms with Gasteiger partial charge in [0.05, 0.1) is 13.7 Å². The van der Waals surface area contributed by atoms with Crippen LogP contribution in [0.15, 0.2) is 24.3 Å². The van der Waals surface area contributed by atoms with Crippen LogP contribution < -0.4 is 10.1 Å². The zero-order chi connectivity index (χ0) is 13.0. The first-order valence-corrected chi connectivity index (χ1v) is 6.31. The lowest BCUT2D eigenvalue weighted by atomic mass is 10.0. The molecule has 4 nitrogen and oxygen atoms in total. The fraction of sp³-hybridized carbons (Fsp3) is 0.571. The summed E-state index contributed by atoms with van der Waals surface area (Å²) >= 11 is 0. The Morgan fingerprint density at radius 2 is 2.28 bits per heavy atom. The second-order valence-corrected chi connectivity index (χ2v) is 4.87. The van der Waals surface area contributed by atoms with E-state index in [0.29, 0.717) is 26.2 Å². The van der Waals surface area contributed by atoms with Gasteiger partial charge in [0.2, 0.25) is 0 Å². The van der Waals surface area contributed by atoms with Gasteiger partial charge in [-0.2, -0.15) is 0 Å². The molecule has 2 N–H and O–H groups in total. The van der Waals surface area contributed by atoms with Crippen molar-refractivity contribution < 1.29 is 14.6 Å². The van der Waals surface area contributed by atoms with Crippen LogP contribution in [-0.4, -0.2) is 37.6 Å². The van der Waals surface area contributed by atoms with Gasteiger partial charge in [-0.3, -0.25) is 0 Å². The van der Waals surface area contributed by atoms with Crippen LogP contribution in [0.3, 0.4) is 0 Å². The highest BCUT2D eigenvalue weighted by molar-refractivity contribution is 5.35. The van der Waals surface area contributed by atoms with E-state index in [1.807, 2.05) is 24.3 Å². The Kier molecular flexibility index (Phi) is 4.22. The van der Waals surface area contributed by atoms with Gasteiger partial charge in [-0.1, -0.05) is 18.2 Å². The van der Waals surface area contributed by atoms with E-state index in [1.54, 1.807) is 7.11 Å². The zero-order valence-electron chi connectivity index (χ0n) is 11.0. The fourth-order valence-electron chi connectivity index (χ4n) is 2.21. The minimum absolute atomic E-state index is 0.130. The molecule has 1 aliphatic rings. The molecule has 4 heteroatoms. The second-order valence-electron chi connectivity index (χ2n) is 4.87. The monoisotopic (exact) mass is 251 g/mol. The number of methoxy groups -OCH3 is 1. The normalized spacial score (nSPS) is 25.1. The summed E-state index contributed by atoms with van der Waals surface area (Å²) in [5, 5.41) is 13.5. The fourth-order valence-corrected chi connectivity index (χ4v) is 2.21. The molecular formula is C14H21NO3. The molecule has 0 bridgehead atoms. The molecular weight excluding hydrogens is 230 g/mol. The van der Waals surface area contributed by atoms with E-state index in [4.69, 9.17) is 9.47 Å². The van der Waals surface area contributed by atoms with Crippen molar-refractivity contribution in [3.8, 4) is 5.75 Å². The Balaban J connectivity index is 1.96. The van der Waals surface area contributed by atoms with E-state index in [-0.39, 0.29) is 6.04 Å². The topological polar surface area (TPSA) is 50.7 Å². The molecule has 1 heterocycles. The van der Waals surface area contributed by atoms with Crippen LogP contribution in [0.5, 0.6) is 5.75 Å². The van der Waals surface area contributed by atoms with Crippen molar-refractivity contribution in [3.05, 3.63) is 29.8 Å². The van der Waals surface area contributed by atoms with Gasteiger partial charge >= 0.3 is 0 Å². The maximum absolute atomic E-state index is 10.2. The molecule has 1 aromatic carbocycles. The molecule has 2 rings (SSSR count). The number of aliphatic hydroxyl groups is 1. The highest BCUT2D eigenvalue weighted by atomic mass is 16.5. The Morgan fingerprint density at radius 1 is 1.50 bits per heavy atom. The zero-order valence-corrected chi connectivity index (χ0v) is 11.0. The summed E-state index contributed by atoms with van der Waals surface area (Å²) in [6.45, 7) is 3.66. The third-order valence-corrected chi connectivity index (χ3v) is 3.43. The summed E-state index contributed by atoms with van der Waals surface area (Å²) in [5.74, 6) is 0.868. The number of para-hydroxylation sites is 1. The summed E-state index contributed by atoms with van der Waals surface area (Å²) in [7, 11) is 1.67. The van der Waals surface area contributed by atoms with E-state index in [1.165, 1.54) is 0 Å². The smallest absolute Gasteiger partial charge is 0.123 e. The van der Waals surface area contributed by atoms with Crippen molar-refractivity contribution in [2.75, 3.05) is 26.9 Å². The number of ether oxygens (including phenoxy) is 2. The van der Waals surface area contributed by atoms with Crippen LogP contribution in [0.4, 0.5) is 0 Å². The van der Waals surface area contributed by atoms with Crippen molar-refractivity contribution in [2.45, 2.75) is 25.0 Å². The van der Waals surface area contributed by atoms with Crippen LogP contribution in [-0.2, 0) is 4.74 Å². The van der Waals surface area contributed by atoms with Crippen LogP contribution in [0.1, 0.15) is 24.9 Å². The highest BCUT2D eigenvalue weighted by Gasteiger charge is 2.32. The average Bonchev–Trinajstić information content (AvgIpc) is 2.83. The second kappa shape index (κ2) is 5.69. The third-order valence-electron chi connectivity index (χ3n) is 3.43. The van der Waals surface area contributed by atoms with Crippen LogP contribution in [0.25, 0.3) is 0 Å². The van der Waals surface area contributed by atoms with E-state index >= 15 is 0 Å². The first-order valence-electron chi connectivity index (χ1n) is 6.31. The van der Waals surface area contributed by atoms with Gasteiger partial charge in [-0.05, 0) is 13.0 Å². The van der Waals surface area contributed by atoms with Crippen molar-refractivity contribution in [1.29, 1.82) is 0 Å². The average molecular weight is 251 g/mol. The molecule has 0 aliphatic carbocycles. The van der Waals surface area contributed by atoms with Crippen LogP contribution >= 0.6 is 0 Å². The molecule has 2 unspecified atom stereocenters. The van der Waals surface area contributed by atoms with Gasteiger partial charge < -0.3 is 19.9 Å². The first-order chi connectivity index (χ1) is 8.64. The number of nitrogens with one attached hydrogen (secondary N) is 1. The maximum Gasteiger partial charge on any atom is 0.123 e. The Bertz CT molecular complexity index is 388. The highest BCUT2D eigenvalue weighted by Crippen LogP contribution is 2.25. The minimum atomic E-state index is -0.726. The van der Waals surface area contributed by atoms with E-state index in [2.05, 4.69) is 12.2 Å². The molecule has 0 saturated carbocycles. The Morgan fingerprint density at radius 3 is 2.94 bits per heavy atom. The van der Waals surface area contributed by atoms with Gasteiger partial charge in [0.15, 0.2) is 0 Å². The van der Waals surface area contributed by atoms with Crippen molar-refractivity contribution in [3.63, 3.8) is 0 Å². The van der Waals surface area contributed by atoms with Gasteiger partial charge in [-0.15, -0.1) is 0 Å². The standard InChI is InChI=1S/C14H21NO3/c1-11(12-5-3-4-6-13(12)17-2)15-9-14(16)7-8-18-10-14/h3-6,11,15-16H,7-10H2,1-2H3. The predicted molar refractivity (Wildman–Crippen MR) is 69.8 cm³/mol. The molecule has 18 heavy (non-hydrogen) atoms. The molecule has 0 amide bonds. The van der Waals surface area contributed by atoms with Gasteiger partial charge in [0.1, 0.15) is 11.4 Å². The molecule has 1 fully saturated rings. The minimum Gasteiger partial charge on any atom is -0.496 e.